The minimum atomic E-state index is -2.49. The van der Waals surface area contributed by atoms with Gasteiger partial charge in [0.15, 0.2) is 0 Å². The van der Waals surface area contributed by atoms with Crippen LogP contribution >= 0.6 is 23.2 Å². The number of nitrogens with one attached hydrogen (secondary N) is 1. The molecule has 0 aliphatic carbocycles. The third kappa shape index (κ3) is 4.86. The second kappa shape index (κ2) is 4.95. The fourth-order valence-electron chi connectivity index (χ4n) is 0.246. The Kier molecular flexibility index (Phi) is 4.98. The molecule has 0 aromatic carbocycles. The van der Waals surface area contributed by atoms with Gasteiger partial charge in [-0.25, -0.2) is 4.79 Å². The Morgan fingerprint density at radius 3 is 2.50 bits per heavy atom. The lowest BCUT2D eigenvalue weighted by Gasteiger charge is -2.14. The van der Waals surface area contributed by atoms with E-state index < -0.39 is 28.5 Å². The van der Waals surface area contributed by atoms with E-state index in [0.29, 0.717) is 0 Å². The predicted octanol–water partition coefficient (Wildman–Crippen LogP) is -0.0972. The van der Waals surface area contributed by atoms with Crippen molar-refractivity contribution in [2.75, 3.05) is 6.73 Å². The molecule has 0 saturated carbocycles. The quantitative estimate of drug-likeness (QED) is 0.268. The molecule has 0 bridgehead atoms. The summed E-state index contributed by atoms with van der Waals surface area (Å²) in [5.74, 6) is -1.53. The number of halogens is 2. The van der Waals surface area contributed by atoms with E-state index in [1.54, 1.807) is 0 Å². The molecule has 1 atom stereocenters. The Morgan fingerprint density at radius 2 is 2.17 bits per heavy atom. The van der Waals surface area contributed by atoms with Crippen LogP contribution in [-0.2, 0) is 20.3 Å². The number of carboxylic acids is 1. The summed E-state index contributed by atoms with van der Waals surface area (Å²) in [6, 6.07) is 0. The maximum atomic E-state index is 10.2. The van der Waals surface area contributed by atoms with E-state index in [-0.39, 0.29) is 0 Å². The molecule has 0 aliphatic heterocycles. The number of rotatable bonds is 5. The van der Waals surface area contributed by atoms with Gasteiger partial charge in [0.1, 0.15) is 6.73 Å². The molecule has 0 aliphatic rings. The Labute approximate surface area is 80.3 Å². The number of aliphatic carboxylic acids is 1. The van der Waals surface area contributed by atoms with Crippen LogP contribution in [-0.4, -0.2) is 31.0 Å². The zero-order valence-corrected chi connectivity index (χ0v) is 7.82. The maximum Gasteiger partial charge on any atom is 0.355 e. The highest BCUT2D eigenvalue weighted by molar-refractivity contribution is 7.74. The van der Waals surface area contributed by atoms with Crippen LogP contribution < -0.4 is 5.32 Å². The second-order valence-corrected chi connectivity index (χ2v) is 3.53. The van der Waals surface area contributed by atoms with Gasteiger partial charge in [-0.1, -0.05) is 23.2 Å². The van der Waals surface area contributed by atoms with Gasteiger partial charge in [0, 0.05) is 0 Å². The zero-order valence-electron chi connectivity index (χ0n) is 5.49. The fourth-order valence-corrected chi connectivity index (χ4v) is 0.515. The van der Waals surface area contributed by atoms with Crippen LogP contribution in [0.5, 0.6) is 0 Å². The van der Waals surface area contributed by atoms with E-state index in [1.807, 2.05) is 5.32 Å². The third-order valence-electron chi connectivity index (χ3n) is 0.723. The molecule has 9 heteroatoms. The molecular weight excluding hydrogens is 233 g/mol. The Bertz CT molecular complexity index is 197. The van der Waals surface area contributed by atoms with Gasteiger partial charge in [0.05, 0.1) is 0 Å². The van der Waals surface area contributed by atoms with Crippen molar-refractivity contribution >= 4 is 40.5 Å². The first-order valence-electron chi connectivity index (χ1n) is 2.46. The number of hydrogen-bond acceptors (Lipinski definition) is 4. The van der Waals surface area contributed by atoms with E-state index in [1.165, 1.54) is 0 Å². The van der Waals surface area contributed by atoms with Gasteiger partial charge in [-0.3, -0.25) is 14.1 Å². The Hall–Kier alpha value is 0.0800. The summed E-state index contributed by atoms with van der Waals surface area (Å²) in [7, 11) is 0. The summed E-state index contributed by atoms with van der Waals surface area (Å²) < 4.78 is 19.7. The molecule has 0 aromatic heterocycles. The SMILES string of the molecule is O=C(O)C(Cl)(Cl)NCOS(=O)O. The van der Waals surface area contributed by atoms with Crippen LogP contribution in [0, 0.1) is 0 Å². The molecule has 6 nitrogen and oxygen atoms in total. The molecule has 0 fully saturated rings. The van der Waals surface area contributed by atoms with Crippen LogP contribution in [0.3, 0.4) is 0 Å². The van der Waals surface area contributed by atoms with Crippen LogP contribution in [0.15, 0.2) is 0 Å². The minimum absolute atomic E-state index is 0.553. The van der Waals surface area contributed by atoms with Gasteiger partial charge >= 0.3 is 17.3 Å². The molecule has 12 heavy (non-hydrogen) atoms. The van der Waals surface area contributed by atoms with E-state index in [4.69, 9.17) is 32.9 Å². The van der Waals surface area contributed by atoms with Crippen LogP contribution in [0.2, 0.25) is 0 Å². The highest BCUT2D eigenvalue weighted by Crippen LogP contribution is 2.16. The standard InChI is InChI=1S/C3H5Cl2NO5S/c4-3(5,2(7)8)6-1-11-12(9)10/h6H,1H2,(H,7,8)(H,9,10). The molecule has 0 spiro atoms. The van der Waals surface area contributed by atoms with Gasteiger partial charge in [0.2, 0.25) is 0 Å². The topological polar surface area (TPSA) is 95.9 Å². The lowest BCUT2D eigenvalue weighted by molar-refractivity contribution is -0.138. The molecule has 1 unspecified atom stereocenters. The molecule has 0 rings (SSSR count). The van der Waals surface area contributed by atoms with Crippen LogP contribution in [0.25, 0.3) is 0 Å². The zero-order chi connectivity index (χ0) is 9.78. The molecule has 72 valence electrons. The lowest BCUT2D eigenvalue weighted by atomic mass is 10.6. The van der Waals surface area contributed by atoms with Crippen molar-refractivity contribution in [2.24, 2.45) is 0 Å². The molecule has 3 N–H and O–H groups in total. The second-order valence-electron chi connectivity index (χ2n) is 1.54. The van der Waals surface area contributed by atoms with E-state index in [9.17, 15) is 9.00 Å². The number of carbonyl (C=O) groups is 1. The number of carboxylic acid groups (broad SMARTS) is 1. The largest absolute Gasteiger partial charge is 0.478 e. The fraction of sp³-hybridized carbons (Fsp3) is 0.667. The summed E-state index contributed by atoms with van der Waals surface area (Å²) >= 11 is 7.81. The van der Waals surface area contributed by atoms with Crippen molar-refractivity contribution in [1.82, 2.24) is 5.32 Å². The first-order chi connectivity index (χ1) is 5.36. The number of alkyl halides is 2. The highest BCUT2D eigenvalue weighted by atomic mass is 35.5. The summed E-state index contributed by atoms with van der Waals surface area (Å²) in [6.45, 7) is -0.553. The van der Waals surface area contributed by atoms with Crippen LogP contribution in [0.1, 0.15) is 0 Å². The summed E-state index contributed by atoms with van der Waals surface area (Å²) in [4.78, 5) is 10.2. The minimum Gasteiger partial charge on any atom is -0.478 e. The Morgan fingerprint density at radius 1 is 1.67 bits per heavy atom. The predicted molar refractivity (Wildman–Crippen MR) is 41.9 cm³/mol. The van der Waals surface area contributed by atoms with Gasteiger partial charge in [-0.05, 0) is 0 Å². The Balaban J connectivity index is 3.76. The van der Waals surface area contributed by atoms with Crippen molar-refractivity contribution in [1.29, 1.82) is 0 Å². The summed E-state index contributed by atoms with van der Waals surface area (Å²) in [5.41, 5.74) is 0. The molecule has 0 aromatic rings. The average molecular weight is 238 g/mol. The highest BCUT2D eigenvalue weighted by Gasteiger charge is 2.32. The van der Waals surface area contributed by atoms with Crippen LogP contribution in [0.4, 0.5) is 0 Å². The van der Waals surface area contributed by atoms with E-state index in [0.717, 1.165) is 0 Å². The average Bonchev–Trinajstić information content (AvgIpc) is 1.85. The normalized spacial score (nSPS) is 14.2. The smallest absolute Gasteiger partial charge is 0.355 e. The molecule has 0 amide bonds. The van der Waals surface area contributed by atoms with Crippen molar-refractivity contribution in [3.63, 3.8) is 0 Å². The monoisotopic (exact) mass is 237 g/mol. The first-order valence-corrected chi connectivity index (χ1v) is 4.25. The van der Waals surface area contributed by atoms with Crippen molar-refractivity contribution in [3.05, 3.63) is 0 Å². The van der Waals surface area contributed by atoms with Crippen molar-refractivity contribution in [3.8, 4) is 0 Å². The van der Waals surface area contributed by atoms with Gasteiger partial charge in [-0.15, -0.1) is 0 Å². The van der Waals surface area contributed by atoms with Gasteiger partial charge in [-0.2, -0.15) is 4.21 Å². The molecule has 0 saturated heterocycles. The van der Waals surface area contributed by atoms with E-state index in [2.05, 4.69) is 4.18 Å². The first kappa shape index (κ1) is 12.1. The lowest BCUT2D eigenvalue weighted by Crippen LogP contribution is -2.43. The van der Waals surface area contributed by atoms with Gasteiger partial charge in [0.25, 0.3) is 4.46 Å². The maximum absolute atomic E-state index is 10.2. The van der Waals surface area contributed by atoms with Gasteiger partial charge < -0.3 is 5.11 Å². The third-order valence-corrected chi connectivity index (χ3v) is 1.63. The summed E-state index contributed by atoms with van der Waals surface area (Å²) in [5, 5.41) is 10.2. The molecule has 0 heterocycles. The van der Waals surface area contributed by atoms with Crippen molar-refractivity contribution in [2.45, 2.75) is 4.46 Å². The summed E-state index contributed by atoms with van der Waals surface area (Å²) in [6.07, 6.45) is 0. The van der Waals surface area contributed by atoms with Crippen molar-refractivity contribution < 1.29 is 22.8 Å². The molecular formula is C3H5Cl2NO5S. The van der Waals surface area contributed by atoms with E-state index >= 15 is 0 Å². The molecule has 0 radical (unpaired) electrons. The number of hydrogen-bond donors (Lipinski definition) is 3.